The van der Waals surface area contributed by atoms with Crippen LogP contribution in [0.2, 0.25) is 0 Å². The van der Waals surface area contributed by atoms with Crippen LogP contribution < -0.4 is 10.1 Å². The number of azide groups is 1. The van der Waals surface area contributed by atoms with Gasteiger partial charge >= 0.3 is 6.18 Å². The van der Waals surface area contributed by atoms with E-state index in [2.05, 4.69) is 30.9 Å². The van der Waals surface area contributed by atoms with Gasteiger partial charge < -0.3 is 19.9 Å². The van der Waals surface area contributed by atoms with Gasteiger partial charge in [-0.3, -0.25) is 4.79 Å². The molecule has 1 amide bonds. The molecule has 2 atom stereocenters. The van der Waals surface area contributed by atoms with Crippen LogP contribution in [-0.4, -0.2) is 48.4 Å². The number of carbonyl (C=O) groups excluding carboxylic acids is 1. The summed E-state index contributed by atoms with van der Waals surface area (Å²) in [7, 11) is 0. The Labute approximate surface area is 241 Å². The van der Waals surface area contributed by atoms with Crippen molar-refractivity contribution in [2.24, 2.45) is 10.1 Å². The summed E-state index contributed by atoms with van der Waals surface area (Å²) >= 11 is 3.47. The van der Waals surface area contributed by atoms with Crippen LogP contribution in [0.15, 0.2) is 87.4 Å². The number of hydrogen-bond acceptors (Lipinski definition) is 6. The number of alkyl halides is 3. The number of aliphatic hydroxyl groups is 1. The molecular weight excluding hydrogens is 607 g/mol. The van der Waals surface area contributed by atoms with Crippen LogP contribution >= 0.6 is 15.9 Å². The number of carbonyl (C=O) groups is 1. The second-order valence-corrected chi connectivity index (χ2v) is 9.96. The van der Waals surface area contributed by atoms with Crippen molar-refractivity contribution in [2.45, 2.75) is 30.7 Å². The second-order valence-electron chi connectivity index (χ2n) is 9.10. The summed E-state index contributed by atoms with van der Waals surface area (Å²) < 4.78 is 52.1. The zero-order valence-electron chi connectivity index (χ0n) is 21.5. The van der Waals surface area contributed by atoms with Gasteiger partial charge in [0.25, 0.3) is 5.91 Å². The molecule has 4 rings (SSSR count). The fraction of sp³-hybridized carbons (Fsp3) is 0.286. The molecule has 13 heteroatoms. The van der Waals surface area contributed by atoms with Crippen molar-refractivity contribution < 1.29 is 32.5 Å². The number of hydrogen-bond donors (Lipinski definition) is 2. The molecule has 3 aromatic carbocycles. The van der Waals surface area contributed by atoms with E-state index < -0.39 is 30.3 Å². The standard InChI is InChI=1S/C28H25BrF3N5O4/c29-22-8-3-2-7-21(22)24-27(26(39)34-17-28(30,31)32,16-19-6-1-4-9-23(19)36-37-33)35-25(41-24)18-10-12-20(13-11-18)40-15-5-14-38/h1-4,6-13,24,38H,5,14-17H2,(H,34,39)/t24-,27-/m1/s1. The first-order valence-electron chi connectivity index (χ1n) is 12.5. The first kappa shape index (κ1) is 29.9. The number of halogens is 4. The fourth-order valence-corrected chi connectivity index (χ4v) is 4.87. The molecule has 0 aliphatic carbocycles. The highest BCUT2D eigenvalue weighted by Gasteiger charge is 2.54. The normalized spacial score (nSPS) is 18.2. The molecule has 1 aliphatic heterocycles. The molecule has 0 radical (unpaired) electrons. The minimum Gasteiger partial charge on any atom is -0.494 e. The smallest absolute Gasteiger partial charge is 0.405 e. The van der Waals surface area contributed by atoms with E-state index >= 15 is 0 Å². The fourth-order valence-electron chi connectivity index (χ4n) is 4.38. The van der Waals surface area contributed by atoms with Gasteiger partial charge in [-0.25, -0.2) is 4.99 Å². The van der Waals surface area contributed by atoms with E-state index in [4.69, 9.17) is 20.1 Å². The van der Waals surface area contributed by atoms with Gasteiger partial charge in [-0.05, 0) is 41.4 Å². The Morgan fingerprint density at radius 2 is 1.85 bits per heavy atom. The van der Waals surface area contributed by atoms with Crippen LogP contribution in [-0.2, 0) is 16.0 Å². The Morgan fingerprint density at radius 1 is 1.15 bits per heavy atom. The highest BCUT2D eigenvalue weighted by Crippen LogP contribution is 2.45. The van der Waals surface area contributed by atoms with Gasteiger partial charge in [0.05, 0.1) is 6.61 Å². The second kappa shape index (κ2) is 13.1. The lowest BCUT2D eigenvalue weighted by molar-refractivity contribution is -0.143. The largest absolute Gasteiger partial charge is 0.494 e. The maximum atomic E-state index is 13.8. The average Bonchev–Trinajstić information content (AvgIpc) is 3.33. The molecule has 1 aliphatic rings. The molecule has 0 fully saturated rings. The van der Waals surface area contributed by atoms with E-state index in [9.17, 15) is 18.0 Å². The van der Waals surface area contributed by atoms with Crippen molar-refractivity contribution >= 4 is 33.4 Å². The molecule has 41 heavy (non-hydrogen) atoms. The predicted molar refractivity (Wildman–Crippen MR) is 149 cm³/mol. The van der Waals surface area contributed by atoms with Crippen molar-refractivity contribution in [3.8, 4) is 5.75 Å². The highest BCUT2D eigenvalue weighted by atomic mass is 79.9. The lowest BCUT2D eigenvalue weighted by atomic mass is 9.81. The number of nitrogens with zero attached hydrogens (tertiary/aromatic N) is 4. The third kappa shape index (κ3) is 7.18. The molecule has 3 aromatic rings. The number of aliphatic imine (C=N–C) groups is 1. The zero-order valence-corrected chi connectivity index (χ0v) is 23.1. The number of amides is 1. The molecule has 0 spiro atoms. The van der Waals surface area contributed by atoms with Crippen LogP contribution in [0.3, 0.4) is 0 Å². The maximum Gasteiger partial charge on any atom is 0.405 e. The topological polar surface area (TPSA) is 129 Å². The van der Waals surface area contributed by atoms with Crippen molar-refractivity contribution in [3.63, 3.8) is 0 Å². The van der Waals surface area contributed by atoms with Crippen molar-refractivity contribution in [1.82, 2.24) is 5.32 Å². The Bertz CT molecular complexity index is 1460. The van der Waals surface area contributed by atoms with Crippen molar-refractivity contribution in [3.05, 3.63) is 104 Å². The first-order valence-corrected chi connectivity index (χ1v) is 13.3. The van der Waals surface area contributed by atoms with E-state index in [1.54, 1.807) is 72.8 Å². The molecule has 214 valence electrons. The Morgan fingerprint density at radius 3 is 2.54 bits per heavy atom. The summed E-state index contributed by atoms with van der Waals surface area (Å²) in [4.78, 5) is 21.3. The Kier molecular flexibility index (Phi) is 9.53. The van der Waals surface area contributed by atoms with Gasteiger partial charge in [0.2, 0.25) is 5.90 Å². The summed E-state index contributed by atoms with van der Waals surface area (Å²) in [5.41, 5.74) is 8.71. The van der Waals surface area contributed by atoms with E-state index in [0.717, 1.165) is 0 Å². The summed E-state index contributed by atoms with van der Waals surface area (Å²) in [6, 6.07) is 20.0. The number of benzene rings is 3. The summed E-state index contributed by atoms with van der Waals surface area (Å²) in [6.07, 6.45) is -5.59. The van der Waals surface area contributed by atoms with Crippen LogP contribution in [0.25, 0.3) is 10.4 Å². The molecule has 0 unspecified atom stereocenters. The molecule has 9 nitrogen and oxygen atoms in total. The Hall–Kier alpha value is -4.06. The third-order valence-electron chi connectivity index (χ3n) is 6.27. The summed E-state index contributed by atoms with van der Waals surface area (Å²) in [6.45, 7) is -1.27. The minimum atomic E-state index is -4.67. The van der Waals surface area contributed by atoms with Gasteiger partial charge in [0.15, 0.2) is 11.6 Å². The SMILES string of the molecule is [N-]=[N+]=Nc1ccccc1C[C@@]1(C(=O)NCC(F)(F)F)N=C(c2ccc(OCCCO)cc2)O[C@@H]1c1ccccc1Br. The van der Waals surface area contributed by atoms with Crippen LogP contribution in [0.4, 0.5) is 18.9 Å². The number of aliphatic hydroxyl groups excluding tert-OH is 1. The number of ether oxygens (including phenoxy) is 2. The van der Waals surface area contributed by atoms with E-state index in [-0.39, 0.29) is 24.6 Å². The molecule has 0 saturated heterocycles. The molecule has 0 saturated carbocycles. The number of nitrogens with one attached hydrogen (secondary N) is 1. The zero-order chi connectivity index (χ0) is 29.5. The maximum absolute atomic E-state index is 13.8. The van der Waals surface area contributed by atoms with Gasteiger partial charge in [0.1, 0.15) is 12.3 Å². The van der Waals surface area contributed by atoms with E-state index in [1.807, 2.05) is 5.32 Å². The number of rotatable bonds is 11. The van der Waals surface area contributed by atoms with Crippen LogP contribution in [0.1, 0.15) is 29.2 Å². The van der Waals surface area contributed by atoms with E-state index in [0.29, 0.717) is 39.9 Å². The molecule has 2 N–H and O–H groups in total. The summed E-state index contributed by atoms with van der Waals surface area (Å²) in [5, 5.41) is 14.7. The molecule has 0 bridgehead atoms. The van der Waals surface area contributed by atoms with Crippen molar-refractivity contribution in [2.75, 3.05) is 19.8 Å². The molecule has 0 aromatic heterocycles. The van der Waals surface area contributed by atoms with Gasteiger partial charge in [-0.15, -0.1) is 0 Å². The lowest BCUT2D eigenvalue weighted by Crippen LogP contribution is -2.51. The third-order valence-corrected chi connectivity index (χ3v) is 6.99. The average molecular weight is 632 g/mol. The van der Waals surface area contributed by atoms with Crippen molar-refractivity contribution in [1.29, 1.82) is 0 Å². The minimum absolute atomic E-state index is 0.0134. The molecular formula is C28H25BrF3N5O4. The summed E-state index contributed by atoms with van der Waals surface area (Å²) in [5.74, 6) is -0.443. The van der Waals surface area contributed by atoms with E-state index in [1.165, 1.54) is 0 Å². The van der Waals surface area contributed by atoms with Crippen LogP contribution in [0.5, 0.6) is 5.75 Å². The van der Waals surface area contributed by atoms with Gasteiger partial charge in [-0.1, -0.05) is 63.5 Å². The predicted octanol–water partition coefficient (Wildman–Crippen LogP) is 6.33. The van der Waals surface area contributed by atoms with Crippen LogP contribution in [0, 0.1) is 0 Å². The Balaban J connectivity index is 1.84. The lowest BCUT2D eigenvalue weighted by Gasteiger charge is -2.31. The van der Waals surface area contributed by atoms with Gasteiger partial charge in [0, 0.05) is 45.6 Å². The van der Waals surface area contributed by atoms with Gasteiger partial charge in [-0.2, -0.15) is 13.2 Å². The monoisotopic (exact) mass is 631 g/mol. The highest BCUT2D eigenvalue weighted by molar-refractivity contribution is 9.10. The molecule has 1 heterocycles. The first-order chi connectivity index (χ1) is 19.7. The quantitative estimate of drug-likeness (QED) is 0.111.